The van der Waals surface area contributed by atoms with Gasteiger partial charge in [-0.2, -0.15) is 5.26 Å². The van der Waals surface area contributed by atoms with Crippen molar-refractivity contribution in [2.45, 2.75) is 6.04 Å². The van der Waals surface area contributed by atoms with Crippen molar-refractivity contribution in [1.29, 1.82) is 5.26 Å². The van der Waals surface area contributed by atoms with Crippen molar-refractivity contribution in [3.63, 3.8) is 0 Å². The lowest BCUT2D eigenvalue weighted by Crippen LogP contribution is -2.52. The van der Waals surface area contributed by atoms with Crippen LogP contribution in [0.1, 0.15) is 5.69 Å². The third-order valence-corrected chi connectivity index (χ3v) is 3.25. The normalized spacial score (nSPS) is 21.5. The van der Waals surface area contributed by atoms with Gasteiger partial charge in [0.1, 0.15) is 11.8 Å². The molecule has 1 atom stereocenters. The summed E-state index contributed by atoms with van der Waals surface area (Å²) in [5, 5.41) is 12.0. The van der Waals surface area contributed by atoms with Crippen molar-refractivity contribution in [3.05, 3.63) is 18.0 Å². The van der Waals surface area contributed by atoms with Gasteiger partial charge in [0, 0.05) is 38.4 Å². The minimum Gasteiger partial charge on any atom is -0.353 e. The van der Waals surface area contributed by atoms with E-state index in [9.17, 15) is 0 Å². The second-order valence-corrected chi connectivity index (χ2v) is 4.65. The summed E-state index contributed by atoms with van der Waals surface area (Å²) in [5.74, 6) is 0.524. The van der Waals surface area contributed by atoms with Crippen molar-refractivity contribution in [2.75, 3.05) is 45.6 Å². The number of hydrogen-bond acceptors (Lipinski definition) is 6. The van der Waals surface area contributed by atoms with Crippen LogP contribution in [0.2, 0.25) is 0 Å². The van der Waals surface area contributed by atoms with Crippen LogP contribution >= 0.6 is 0 Å². The van der Waals surface area contributed by atoms with Gasteiger partial charge < -0.3 is 10.2 Å². The highest BCUT2D eigenvalue weighted by molar-refractivity contribution is 5.30. The van der Waals surface area contributed by atoms with Gasteiger partial charge >= 0.3 is 0 Å². The molecule has 0 bridgehead atoms. The molecule has 6 nitrogen and oxygen atoms in total. The molecular formula is C12H18N6. The lowest BCUT2D eigenvalue weighted by atomic mass is 10.2. The highest BCUT2D eigenvalue weighted by Gasteiger charge is 2.21. The number of hydrogen-bond donors (Lipinski definition) is 1. The SMILES string of the molecule is CN1CCN(C)C(CNc2nccc(C#N)n2)C1. The van der Waals surface area contributed by atoms with E-state index in [-0.39, 0.29) is 0 Å². The van der Waals surface area contributed by atoms with E-state index in [2.05, 4.69) is 39.2 Å². The van der Waals surface area contributed by atoms with Crippen LogP contribution in [0.15, 0.2) is 12.3 Å². The summed E-state index contributed by atoms with van der Waals surface area (Å²) in [7, 11) is 4.26. The van der Waals surface area contributed by atoms with Crippen LogP contribution in [0.3, 0.4) is 0 Å². The van der Waals surface area contributed by atoms with Crippen molar-refractivity contribution in [3.8, 4) is 6.07 Å². The number of aromatic nitrogens is 2. The summed E-state index contributed by atoms with van der Waals surface area (Å²) < 4.78 is 0. The Balaban J connectivity index is 1.92. The Bertz CT molecular complexity index is 440. The van der Waals surface area contributed by atoms with E-state index in [0.29, 0.717) is 17.7 Å². The van der Waals surface area contributed by atoms with Crippen LogP contribution in [0, 0.1) is 11.3 Å². The molecule has 1 aliphatic rings. The molecule has 96 valence electrons. The monoisotopic (exact) mass is 246 g/mol. The smallest absolute Gasteiger partial charge is 0.223 e. The molecule has 0 spiro atoms. The van der Waals surface area contributed by atoms with Crippen LogP contribution < -0.4 is 5.32 Å². The molecular weight excluding hydrogens is 228 g/mol. The van der Waals surface area contributed by atoms with Gasteiger partial charge in [0.2, 0.25) is 5.95 Å². The van der Waals surface area contributed by atoms with Gasteiger partial charge in [0.15, 0.2) is 0 Å². The van der Waals surface area contributed by atoms with Crippen molar-refractivity contribution in [2.24, 2.45) is 0 Å². The number of rotatable bonds is 3. The second-order valence-electron chi connectivity index (χ2n) is 4.65. The summed E-state index contributed by atoms with van der Waals surface area (Å²) >= 11 is 0. The first-order chi connectivity index (χ1) is 8.69. The largest absolute Gasteiger partial charge is 0.353 e. The fourth-order valence-corrected chi connectivity index (χ4v) is 2.04. The van der Waals surface area contributed by atoms with E-state index in [1.165, 1.54) is 0 Å². The highest BCUT2D eigenvalue weighted by Crippen LogP contribution is 2.07. The Morgan fingerprint density at radius 3 is 3.11 bits per heavy atom. The van der Waals surface area contributed by atoms with Crippen LogP contribution in [0.25, 0.3) is 0 Å². The fourth-order valence-electron chi connectivity index (χ4n) is 2.04. The van der Waals surface area contributed by atoms with Crippen LogP contribution in [0.4, 0.5) is 5.95 Å². The molecule has 1 aliphatic heterocycles. The molecule has 1 N–H and O–H groups in total. The van der Waals surface area contributed by atoms with E-state index < -0.39 is 0 Å². The molecule has 0 amide bonds. The number of likely N-dealkylation sites (N-methyl/N-ethyl adjacent to an activating group) is 2. The van der Waals surface area contributed by atoms with E-state index in [1.807, 2.05) is 6.07 Å². The Labute approximate surface area is 107 Å². The number of nitrogens with one attached hydrogen (secondary N) is 1. The Morgan fingerprint density at radius 2 is 2.33 bits per heavy atom. The Kier molecular flexibility index (Phi) is 4.07. The summed E-state index contributed by atoms with van der Waals surface area (Å²) in [6.45, 7) is 3.99. The lowest BCUT2D eigenvalue weighted by molar-refractivity contribution is 0.121. The predicted octanol–water partition coefficient (Wildman–Crippen LogP) is 0.00598. The zero-order valence-corrected chi connectivity index (χ0v) is 10.8. The van der Waals surface area contributed by atoms with Gasteiger partial charge in [-0.3, -0.25) is 4.90 Å². The molecule has 2 heterocycles. The van der Waals surface area contributed by atoms with Crippen LogP contribution in [0.5, 0.6) is 0 Å². The molecule has 6 heteroatoms. The average molecular weight is 246 g/mol. The number of piperazine rings is 1. The van der Waals surface area contributed by atoms with Gasteiger partial charge in [-0.15, -0.1) is 0 Å². The molecule has 2 rings (SSSR count). The first kappa shape index (κ1) is 12.7. The van der Waals surface area contributed by atoms with Gasteiger partial charge in [-0.1, -0.05) is 0 Å². The first-order valence-electron chi connectivity index (χ1n) is 6.05. The molecule has 0 aliphatic carbocycles. The zero-order chi connectivity index (χ0) is 13.0. The molecule has 1 saturated heterocycles. The molecule has 1 fully saturated rings. The van der Waals surface area contributed by atoms with Gasteiger partial charge in [0.05, 0.1) is 0 Å². The number of anilines is 1. The molecule has 1 aromatic rings. The predicted molar refractivity (Wildman–Crippen MR) is 69.2 cm³/mol. The molecule has 1 aromatic heterocycles. The Hall–Kier alpha value is -1.71. The van der Waals surface area contributed by atoms with Gasteiger partial charge in [-0.05, 0) is 20.2 Å². The molecule has 0 aromatic carbocycles. The molecule has 18 heavy (non-hydrogen) atoms. The van der Waals surface area contributed by atoms with Crippen molar-refractivity contribution in [1.82, 2.24) is 19.8 Å². The van der Waals surface area contributed by atoms with Crippen molar-refractivity contribution >= 4 is 5.95 Å². The maximum absolute atomic E-state index is 8.77. The van der Waals surface area contributed by atoms with Crippen molar-refractivity contribution < 1.29 is 0 Å². The molecule has 0 radical (unpaired) electrons. The summed E-state index contributed by atoms with van der Waals surface area (Å²) in [6, 6.07) is 4.06. The highest BCUT2D eigenvalue weighted by atomic mass is 15.3. The Morgan fingerprint density at radius 1 is 1.50 bits per heavy atom. The maximum atomic E-state index is 8.77. The fraction of sp³-hybridized carbons (Fsp3) is 0.583. The lowest BCUT2D eigenvalue weighted by Gasteiger charge is -2.37. The van der Waals surface area contributed by atoms with E-state index in [1.54, 1.807) is 12.3 Å². The number of nitrogens with zero attached hydrogens (tertiary/aromatic N) is 5. The average Bonchev–Trinajstić information content (AvgIpc) is 2.40. The minimum absolute atomic E-state index is 0.390. The maximum Gasteiger partial charge on any atom is 0.223 e. The van der Waals surface area contributed by atoms with Gasteiger partial charge in [0.25, 0.3) is 0 Å². The third-order valence-electron chi connectivity index (χ3n) is 3.25. The first-order valence-corrected chi connectivity index (χ1v) is 6.05. The van der Waals surface area contributed by atoms with E-state index in [4.69, 9.17) is 5.26 Å². The quantitative estimate of drug-likeness (QED) is 0.810. The van der Waals surface area contributed by atoms with E-state index >= 15 is 0 Å². The summed E-state index contributed by atoms with van der Waals surface area (Å²) in [5.41, 5.74) is 0.390. The standard InChI is InChI=1S/C12H18N6/c1-17-5-6-18(2)11(9-17)8-15-12-14-4-3-10(7-13)16-12/h3-4,11H,5-6,8-9H2,1-2H3,(H,14,15,16). The number of nitriles is 1. The van der Waals surface area contributed by atoms with Crippen LogP contribution in [-0.4, -0.2) is 66.1 Å². The van der Waals surface area contributed by atoms with Crippen LogP contribution in [-0.2, 0) is 0 Å². The summed E-state index contributed by atoms with van der Waals surface area (Å²) in [6.07, 6.45) is 1.60. The zero-order valence-electron chi connectivity index (χ0n) is 10.8. The molecule has 1 unspecified atom stereocenters. The second kappa shape index (κ2) is 5.76. The molecule has 0 saturated carbocycles. The van der Waals surface area contributed by atoms with E-state index in [0.717, 1.165) is 26.2 Å². The van der Waals surface area contributed by atoms with Gasteiger partial charge in [-0.25, -0.2) is 9.97 Å². The topological polar surface area (TPSA) is 68.1 Å². The third kappa shape index (κ3) is 3.15. The minimum atomic E-state index is 0.390. The summed E-state index contributed by atoms with van der Waals surface area (Å²) in [4.78, 5) is 12.9.